The third-order valence-electron chi connectivity index (χ3n) is 8.43. The van der Waals surface area contributed by atoms with E-state index in [9.17, 15) is 0 Å². The predicted molar refractivity (Wildman–Crippen MR) is 125 cm³/mol. The third-order valence-corrected chi connectivity index (χ3v) is 8.43. The molecule has 2 aromatic carbocycles. The van der Waals surface area contributed by atoms with Crippen LogP contribution in [0.5, 0.6) is 5.75 Å². The molecule has 3 aliphatic rings. The smallest absolute Gasteiger partial charge is 0.120 e. The van der Waals surface area contributed by atoms with E-state index in [4.69, 9.17) is 4.74 Å². The number of aryl methyl sites for hydroxylation is 1. The molecule has 1 heteroatoms. The fourth-order valence-corrected chi connectivity index (χ4v) is 6.82. The highest BCUT2D eigenvalue weighted by molar-refractivity contribution is 5.42. The lowest BCUT2D eigenvalue weighted by atomic mass is 9.53. The first kappa shape index (κ1) is 19.7. The molecule has 5 rings (SSSR count). The van der Waals surface area contributed by atoms with Crippen LogP contribution in [0.25, 0.3) is 0 Å². The first-order valence-electron chi connectivity index (χ1n) is 11.7. The molecule has 2 aromatic rings. The van der Waals surface area contributed by atoms with Gasteiger partial charge >= 0.3 is 0 Å². The molecule has 0 saturated heterocycles. The average Bonchev–Trinajstić information content (AvgIpc) is 3.14. The normalized spacial score (nSPS) is 30.5. The zero-order chi connectivity index (χ0) is 20.7. The molecule has 0 amide bonds. The summed E-state index contributed by atoms with van der Waals surface area (Å²) in [4.78, 5) is 0. The van der Waals surface area contributed by atoms with E-state index in [1.54, 1.807) is 11.1 Å². The molecular formula is C29H34O. The van der Waals surface area contributed by atoms with Crippen molar-refractivity contribution >= 4 is 0 Å². The van der Waals surface area contributed by atoms with Gasteiger partial charge in [-0.2, -0.15) is 0 Å². The van der Waals surface area contributed by atoms with Gasteiger partial charge in [0.05, 0.1) is 0 Å². The van der Waals surface area contributed by atoms with E-state index < -0.39 is 0 Å². The van der Waals surface area contributed by atoms with Crippen LogP contribution in [-0.2, 0) is 13.0 Å². The largest absolute Gasteiger partial charge is 0.489 e. The molecule has 0 unspecified atom stereocenters. The van der Waals surface area contributed by atoms with E-state index >= 15 is 0 Å². The van der Waals surface area contributed by atoms with Gasteiger partial charge < -0.3 is 4.74 Å². The van der Waals surface area contributed by atoms with Crippen LogP contribution in [0.2, 0.25) is 0 Å². The van der Waals surface area contributed by atoms with Crippen LogP contribution in [0, 0.1) is 23.2 Å². The maximum absolute atomic E-state index is 6.11. The van der Waals surface area contributed by atoms with E-state index in [1.807, 2.05) is 0 Å². The molecule has 5 atom stereocenters. The molecule has 0 bridgehead atoms. The molecule has 1 fully saturated rings. The number of benzene rings is 2. The molecule has 0 heterocycles. The second-order valence-corrected chi connectivity index (χ2v) is 9.93. The lowest BCUT2D eigenvalue weighted by Gasteiger charge is -2.51. The van der Waals surface area contributed by atoms with Crippen LogP contribution in [-0.4, -0.2) is 0 Å². The number of allylic oxidation sites excluding steroid dienone is 3. The minimum Gasteiger partial charge on any atom is -0.489 e. The van der Waals surface area contributed by atoms with E-state index in [-0.39, 0.29) is 0 Å². The van der Waals surface area contributed by atoms with Crippen molar-refractivity contribution in [3.63, 3.8) is 0 Å². The zero-order valence-electron chi connectivity index (χ0n) is 18.4. The van der Waals surface area contributed by atoms with Crippen molar-refractivity contribution in [2.45, 2.75) is 58.5 Å². The lowest BCUT2D eigenvalue weighted by molar-refractivity contribution is 0.0710. The molecule has 0 aromatic heterocycles. The number of hydrogen-bond donors (Lipinski definition) is 0. The molecule has 3 aliphatic carbocycles. The van der Waals surface area contributed by atoms with Gasteiger partial charge in [-0.15, -0.1) is 6.58 Å². The first-order valence-corrected chi connectivity index (χ1v) is 11.7. The monoisotopic (exact) mass is 398 g/mol. The molecule has 30 heavy (non-hydrogen) atoms. The second kappa shape index (κ2) is 7.76. The highest BCUT2D eigenvalue weighted by atomic mass is 16.5. The maximum atomic E-state index is 6.11. The van der Waals surface area contributed by atoms with Crippen molar-refractivity contribution in [3.05, 3.63) is 89.5 Å². The van der Waals surface area contributed by atoms with Gasteiger partial charge in [-0.05, 0) is 90.0 Å². The Labute approximate surface area is 181 Å². The van der Waals surface area contributed by atoms with Gasteiger partial charge in [0.1, 0.15) is 12.4 Å². The standard InChI is InChI=1S/C29H34O/c1-4-20(2)27-14-15-28-26-12-10-22-18-23(30-19-21-8-6-5-7-9-21)11-13-24(22)25(26)16-17-29(27,28)3/h4-9,11,13-14,18,20,25-26,28H,1,10,12,15-17,19H2,2-3H3/t20-,25-,26-,28+,29-/m1/s1. The number of ether oxygens (including phenoxy) is 1. The Kier molecular flexibility index (Phi) is 5.09. The van der Waals surface area contributed by atoms with Crippen LogP contribution in [0.4, 0.5) is 0 Å². The quantitative estimate of drug-likeness (QED) is 0.474. The fourth-order valence-electron chi connectivity index (χ4n) is 6.82. The topological polar surface area (TPSA) is 9.23 Å². The second-order valence-electron chi connectivity index (χ2n) is 9.93. The van der Waals surface area contributed by atoms with Crippen molar-refractivity contribution in [2.24, 2.45) is 23.2 Å². The zero-order valence-corrected chi connectivity index (χ0v) is 18.4. The summed E-state index contributed by atoms with van der Waals surface area (Å²) in [5.74, 6) is 3.87. The van der Waals surface area contributed by atoms with E-state index in [2.05, 4.69) is 81.1 Å². The summed E-state index contributed by atoms with van der Waals surface area (Å²) in [7, 11) is 0. The molecule has 0 N–H and O–H groups in total. The molecular weight excluding hydrogens is 364 g/mol. The minimum absolute atomic E-state index is 0.380. The SMILES string of the molecule is C=C[C@@H](C)C1=CC[C@H]2[C@@H]3CCc4cc(OCc5ccccc5)ccc4[C@H]3CC[C@]12C. The predicted octanol–water partition coefficient (Wildman–Crippen LogP) is 7.48. The summed E-state index contributed by atoms with van der Waals surface area (Å²) in [5.41, 5.74) is 6.39. The average molecular weight is 399 g/mol. The van der Waals surface area contributed by atoms with E-state index in [1.165, 1.54) is 43.2 Å². The Morgan fingerprint density at radius 3 is 2.80 bits per heavy atom. The van der Waals surface area contributed by atoms with Crippen molar-refractivity contribution in [1.29, 1.82) is 0 Å². The summed E-state index contributed by atoms with van der Waals surface area (Å²) >= 11 is 0. The molecule has 1 saturated carbocycles. The molecule has 156 valence electrons. The molecule has 0 radical (unpaired) electrons. The maximum Gasteiger partial charge on any atom is 0.120 e. The summed E-state index contributed by atoms with van der Waals surface area (Å²) in [6.07, 6.45) is 11.1. The number of hydrogen-bond acceptors (Lipinski definition) is 1. The Bertz CT molecular complexity index is 956. The first-order chi connectivity index (χ1) is 14.6. The summed E-state index contributed by atoms with van der Waals surface area (Å²) in [6, 6.07) is 17.3. The Hall–Kier alpha value is -2.28. The van der Waals surface area contributed by atoms with Crippen molar-refractivity contribution in [1.82, 2.24) is 0 Å². The molecule has 1 nitrogen and oxygen atoms in total. The van der Waals surface area contributed by atoms with Crippen molar-refractivity contribution in [3.8, 4) is 5.75 Å². The molecule has 0 aliphatic heterocycles. The van der Waals surface area contributed by atoms with Crippen LogP contribution < -0.4 is 4.74 Å². The minimum atomic E-state index is 0.380. The van der Waals surface area contributed by atoms with E-state index in [0.29, 0.717) is 17.9 Å². The van der Waals surface area contributed by atoms with Crippen LogP contribution in [0.15, 0.2) is 72.8 Å². The van der Waals surface area contributed by atoms with Crippen molar-refractivity contribution < 1.29 is 4.74 Å². The van der Waals surface area contributed by atoms with Crippen LogP contribution >= 0.6 is 0 Å². The van der Waals surface area contributed by atoms with Gasteiger partial charge in [0, 0.05) is 0 Å². The fraction of sp³-hybridized carbons (Fsp3) is 0.448. The highest BCUT2D eigenvalue weighted by Gasteiger charge is 2.52. The van der Waals surface area contributed by atoms with Crippen LogP contribution in [0.1, 0.15) is 62.1 Å². The number of rotatable bonds is 5. The summed E-state index contributed by atoms with van der Waals surface area (Å²) < 4.78 is 6.11. The number of fused-ring (bicyclic) bond motifs is 5. The lowest BCUT2D eigenvalue weighted by Crippen LogP contribution is -2.41. The van der Waals surface area contributed by atoms with Gasteiger partial charge in [0.15, 0.2) is 0 Å². The Morgan fingerprint density at radius 2 is 2.00 bits per heavy atom. The van der Waals surface area contributed by atoms with Crippen molar-refractivity contribution in [2.75, 3.05) is 0 Å². The Morgan fingerprint density at radius 1 is 1.17 bits per heavy atom. The van der Waals surface area contributed by atoms with Gasteiger partial charge in [-0.25, -0.2) is 0 Å². The summed E-state index contributed by atoms with van der Waals surface area (Å²) in [6.45, 7) is 9.59. The van der Waals surface area contributed by atoms with Crippen LogP contribution in [0.3, 0.4) is 0 Å². The van der Waals surface area contributed by atoms with Gasteiger partial charge in [0.2, 0.25) is 0 Å². The molecule has 0 spiro atoms. The third kappa shape index (κ3) is 3.23. The van der Waals surface area contributed by atoms with E-state index in [0.717, 1.165) is 23.5 Å². The van der Waals surface area contributed by atoms with Gasteiger partial charge in [0.25, 0.3) is 0 Å². The highest BCUT2D eigenvalue weighted by Crippen LogP contribution is 2.62. The summed E-state index contributed by atoms with van der Waals surface area (Å²) in [5, 5.41) is 0. The van der Waals surface area contributed by atoms with Gasteiger partial charge in [-0.1, -0.05) is 68.0 Å². The Balaban J connectivity index is 1.33. The van der Waals surface area contributed by atoms with Gasteiger partial charge in [-0.3, -0.25) is 0 Å².